The lowest BCUT2D eigenvalue weighted by atomic mass is 10.1. The first-order chi connectivity index (χ1) is 12.1. The van der Waals surface area contributed by atoms with Gasteiger partial charge >= 0.3 is 0 Å². The van der Waals surface area contributed by atoms with Crippen molar-refractivity contribution in [1.29, 1.82) is 0 Å². The third-order valence-electron chi connectivity index (χ3n) is 3.97. The normalized spacial score (nSPS) is 10.6. The van der Waals surface area contributed by atoms with Gasteiger partial charge in [-0.1, -0.05) is 47.6 Å². The molecule has 0 fully saturated rings. The van der Waals surface area contributed by atoms with Gasteiger partial charge in [-0.25, -0.2) is 0 Å². The number of nitrogens with zero attached hydrogens (tertiary/aromatic N) is 2. The maximum atomic E-state index is 12.2. The highest BCUT2D eigenvalue weighted by molar-refractivity contribution is 5.92. The summed E-state index contributed by atoms with van der Waals surface area (Å²) in [7, 11) is 0. The first-order valence-electron chi connectivity index (χ1n) is 8.32. The van der Waals surface area contributed by atoms with E-state index in [1.807, 2.05) is 50.2 Å². The van der Waals surface area contributed by atoms with E-state index in [4.69, 9.17) is 4.52 Å². The Kier molecular flexibility index (Phi) is 5.23. The second-order valence-electron chi connectivity index (χ2n) is 6.13. The lowest BCUT2D eigenvalue weighted by Gasteiger charge is -2.08. The minimum absolute atomic E-state index is 0.0994. The van der Waals surface area contributed by atoms with E-state index in [-0.39, 0.29) is 12.3 Å². The van der Waals surface area contributed by atoms with Gasteiger partial charge in [0.25, 0.3) is 0 Å². The minimum Gasteiger partial charge on any atom is -0.339 e. The fraction of sp³-hybridized carbons (Fsp3) is 0.250. The molecule has 0 aliphatic rings. The van der Waals surface area contributed by atoms with Crippen LogP contribution in [-0.2, 0) is 24.1 Å². The lowest BCUT2D eigenvalue weighted by Crippen LogP contribution is -2.16. The van der Waals surface area contributed by atoms with Crippen molar-refractivity contribution in [3.05, 3.63) is 76.9 Å². The van der Waals surface area contributed by atoms with Crippen LogP contribution >= 0.6 is 0 Å². The van der Waals surface area contributed by atoms with E-state index in [0.717, 1.165) is 23.2 Å². The number of carbonyl (C=O) groups excluding carboxylic acids is 1. The number of hydrogen-bond acceptors (Lipinski definition) is 4. The summed E-state index contributed by atoms with van der Waals surface area (Å²) in [5.41, 5.74) is 4.16. The molecule has 1 heterocycles. The molecule has 3 rings (SSSR count). The maximum absolute atomic E-state index is 12.2. The standard InChI is InChI=1S/C20H21N3O2/c1-14-8-9-15(2)17(12-14)21-19(24)13-18-22-20(25-23-18)11-10-16-6-4-3-5-7-16/h3-9,12H,10-11,13H2,1-2H3,(H,21,24). The number of rotatable bonds is 6. The Labute approximate surface area is 147 Å². The van der Waals surface area contributed by atoms with Gasteiger partial charge in [-0.3, -0.25) is 4.79 Å². The second kappa shape index (κ2) is 7.75. The maximum Gasteiger partial charge on any atom is 0.232 e. The third-order valence-corrected chi connectivity index (χ3v) is 3.97. The third kappa shape index (κ3) is 4.76. The number of aryl methyl sites for hydroxylation is 4. The van der Waals surface area contributed by atoms with Crippen LogP contribution in [0.1, 0.15) is 28.4 Å². The van der Waals surface area contributed by atoms with Crippen LogP contribution in [0.2, 0.25) is 0 Å². The molecule has 128 valence electrons. The van der Waals surface area contributed by atoms with Gasteiger partial charge in [0.1, 0.15) is 0 Å². The first kappa shape index (κ1) is 16.9. The van der Waals surface area contributed by atoms with E-state index in [0.29, 0.717) is 18.1 Å². The zero-order chi connectivity index (χ0) is 17.6. The molecule has 1 amide bonds. The summed E-state index contributed by atoms with van der Waals surface area (Å²) in [5, 5.41) is 6.81. The predicted molar refractivity (Wildman–Crippen MR) is 96.4 cm³/mol. The van der Waals surface area contributed by atoms with Crippen molar-refractivity contribution in [2.24, 2.45) is 0 Å². The number of amides is 1. The number of hydrogen-bond donors (Lipinski definition) is 1. The highest BCUT2D eigenvalue weighted by Crippen LogP contribution is 2.16. The summed E-state index contributed by atoms with van der Waals surface area (Å²) in [4.78, 5) is 16.5. The highest BCUT2D eigenvalue weighted by atomic mass is 16.5. The Hall–Kier alpha value is -2.95. The Morgan fingerprint density at radius 2 is 1.88 bits per heavy atom. The summed E-state index contributed by atoms with van der Waals surface area (Å²) >= 11 is 0. The molecule has 1 N–H and O–H groups in total. The zero-order valence-corrected chi connectivity index (χ0v) is 14.5. The number of benzene rings is 2. The van der Waals surface area contributed by atoms with Gasteiger partial charge in [0.15, 0.2) is 5.82 Å². The van der Waals surface area contributed by atoms with Gasteiger partial charge in [-0.05, 0) is 43.0 Å². The van der Waals surface area contributed by atoms with Crippen LogP contribution < -0.4 is 5.32 Å². The summed E-state index contributed by atoms with van der Waals surface area (Å²) in [6, 6.07) is 16.1. The first-order valence-corrected chi connectivity index (χ1v) is 8.32. The lowest BCUT2D eigenvalue weighted by molar-refractivity contribution is -0.115. The van der Waals surface area contributed by atoms with Crippen LogP contribution in [0.4, 0.5) is 5.69 Å². The van der Waals surface area contributed by atoms with Crippen LogP contribution in [0.5, 0.6) is 0 Å². The smallest absolute Gasteiger partial charge is 0.232 e. The van der Waals surface area contributed by atoms with Gasteiger partial charge < -0.3 is 9.84 Å². The molecule has 0 radical (unpaired) electrons. The van der Waals surface area contributed by atoms with Crippen molar-refractivity contribution >= 4 is 11.6 Å². The number of anilines is 1. The van der Waals surface area contributed by atoms with Gasteiger partial charge in [0.2, 0.25) is 11.8 Å². The van der Waals surface area contributed by atoms with E-state index in [9.17, 15) is 4.79 Å². The van der Waals surface area contributed by atoms with Gasteiger partial charge in [-0.15, -0.1) is 0 Å². The monoisotopic (exact) mass is 335 g/mol. The van der Waals surface area contributed by atoms with Crippen LogP contribution in [0.15, 0.2) is 53.1 Å². The molecule has 0 atom stereocenters. The van der Waals surface area contributed by atoms with Crippen LogP contribution in [-0.4, -0.2) is 16.0 Å². The second-order valence-corrected chi connectivity index (χ2v) is 6.13. The predicted octanol–water partition coefficient (Wildman–Crippen LogP) is 3.65. The fourth-order valence-electron chi connectivity index (χ4n) is 2.57. The van der Waals surface area contributed by atoms with Crippen molar-refractivity contribution < 1.29 is 9.32 Å². The topological polar surface area (TPSA) is 68.0 Å². The molecular formula is C20H21N3O2. The van der Waals surface area contributed by atoms with Gasteiger partial charge in [-0.2, -0.15) is 4.98 Å². The molecule has 0 aliphatic carbocycles. The molecule has 3 aromatic rings. The summed E-state index contributed by atoms with van der Waals surface area (Å²) < 4.78 is 5.24. The molecule has 0 spiro atoms. The molecule has 0 saturated carbocycles. The Balaban J connectivity index is 1.55. The van der Waals surface area contributed by atoms with E-state index in [1.165, 1.54) is 5.56 Å². The molecule has 0 saturated heterocycles. The van der Waals surface area contributed by atoms with E-state index in [1.54, 1.807) is 0 Å². The van der Waals surface area contributed by atoms with Gasteiger partial charge in [0, 0.05) is 12.1 Å². The minimum atomic E-state index is -0.149. The van der Waals surface area contributed by atoms with Crippen molar-refractivity contribution in [2.75, 3.05) is 5.32 Å². The van der Waals surface area contributed by atoms with Crippen LogP contribution in [0, 0.1) is 13.8 Å². The van der Waals surface area contributed by atoms with E-state index in [2.05, 4.69) is 27.6 Å². The molecule has 0 unspecified atom stereocenters. The van der Waals surface area contributed by atoms with E-state index < -0.39 is 0 Å². The molecule has 0 aliphatic heterocycles. The summed E-state index contributed by atoms with van der Waals surface area (Å²) in [6.07, 6.45) is 1.59. The summed E-state index contributed by atoms with van der Waals surface area (Å²) in [6.45, 7) is 3.96. The van der Waals surface area contributed by atoms with Gasteiger partial charge in [0.05, 0.1) is 6.42 Å². The number of aromatic nitrogens is 2. The molecule has 25 heavy (non-hydrogen) atoms. The summed E-state index contributed by atoms with van der Waals surface area (Å²) in [5.74, 6) is 0.813. The Morgan fingerprint density at radius 1 is 1.08 bits per heavy atom. The SMILES string of the molecule is Cc1ccc(C)c(NC(=O)Cc2noc(CCc3ccccc3)n2)c1. The molecule has 0 bridgehead atoms. The fourth-order valence-corrected chi connectivity index (χ4v) is 2.57. The molecular weight excluding hydrogens is 314 g/mol. The zero-order valence-electron chi connectivity index (χ0n) is 14.5. The number of nitrogens with one attached hydrogen (secondary N) is 1. The molecule has 5 heteroatoms. The molecule has 2 aromatic carbocycles. The molecule has 1 aromatic heterocycles. The van der Waals surface area contributed by atoms with E-state index >= 15 is 0 Å². The number of carbonyl (C=O) groups is 1. The van der Waals surface area contributed by atoms with Crippen LogP contribution in [0.25, 0.3) is 0 Å². The Morgan fingerprint density at radius 3 is 2.68 bits per heavy atom. The Bertz CT molecular complexity index is 856. The quantitative estimate of drug-likeness (QED) is 0.746. The largest absolute Gasteiger partial charge is 0.339 e. The van der Waals surface area contributed by atoms with Crippen LogP contribution in [0.3, 0.4) is 0 Å². The average molecular weight is 335 g/mol. The highest BCUT2D eigenvalue weighted by Gasteiger charge is 2.12. The average Bonchev–Trinajstić information content (AvgIpc) is 3.04. The van der Waals surface area contributed by atoms with Crippen molar-refractivity contribution in [1.82, 2.24) is 10.1 Å². The van der Waals surface area contributed by atoms with Crippen molar-refractivity contribution in [3.63, 3.8) is 0 Å². The van der Waals surface area contributed by atoms with Crippen molar-refractivity contribution in [3.8, 4) is 0 Å². The van der Waals surface area contributed by atoms with Crippen molar-refractivity contribution in [2.45, 2.75) is 33.1 Å². The molecule has 5 nitrogen and oxygen atoms in total.